The molecule has 0 aliphatic heterocycles. The van der Waals surface area contributed by atoms with E-state index < -0.39 is 21.5 Å². The van der Waals surface area contributed by atoms with Crippen LogP contribution in [-0.4, -0.2) is 45.4 Å². The number of anilines is 1. The van der Waals surface area contributed by atoms with Crippen LogP contribution in [-0.2, 0) is 27.9 Å². The molecule has 11 nitrogen and oxygen atoms in total. The van der Waals surface area contributed by atoms with E-state index in [9.17, 15) is 18.0 Å². The van der Waals surface area contributed by atoms with Gasteiger partial charge >= 0.3 is 0 Å². The summed E-state index contributed by atoms with van der Waals surface area (Å²) in [5, 5.41) is 14.2. The summed E-state index contributed by atoms with van der Waals surface area (Å²) in [6.07, 6.45) is 2.36. The lowest BCUT2D eigenvalue weighted by molar-refractivity contribution is -0.121. The van der Waals surface area contributed by atoms with E-state index in [1.54, 1.807) is 31.2 Å². The fourth-order valence-corrected chi connectivity index (χ4v) is 3.48. The van der Waals surface area contributed by atoms with E-state index in [1.165, 1.54) is 21.6 Å². The number of amides is 1. The molecule has 2 heterocycles. The normalized spacial score (nSPS) is 11.3. The highest BCUT2D eigenvalue weighted by Gasteiger charge is 2.14. The van der Waals surface area contributed by atoms with E-state index in [1.807, 2.05) is 0 Å². The number of sulfonamides is 1. The van der Waals surface area contributed by atoms with Gasteiger partial charge in [-0.05, 0) is 53.2 Å². The topological polar surface area (TPSA) is 141 Å². The average Bonchev–Trinajstić information content (AvgIpc) is 3.19. The Kier molecular flexibility index (Phi) is 6.17. The molecule has 1 aromatic carbocycles. The number of rotatable bonds is 7. The van der Waals surface area contributed by atoms with Crippen molar-refractivity contribution in [3.8, 4) is 5.69 Å². The molecular weight excluding hydrogens is 434 g/mol. The van der Waals surface area contributed by atoms with Crippen LogP contribution in [0.2, 0.25) is 5.02 Å². The smallest absolute Gasteiger partial charge is 0.275 e. The fourth-order valence-electron chi connectivity index (χ4n) is 2.73. The first-order valence-corrected chi connectivity index (χ1v) is 10.9. The number of hydrogen-bond acceptors (Lipinski definition) is 7. The number of pyridine rings is 1. The molecule has 0 fully saturated rings. The number of aromatic nitrogens is 5. The van der Waals surface area contributed by atoms with Crippen LogP contribution in [0.5, 0.6) is 0 Å². The number of carbonyl (C=O) groups is 1. The zero-order chi connectivity index (χ0) is 21.9. The van der Waals surface area contributed by atoms with Crippen molar-refractivity contribution < 1.29 is 13.2 Å². The van der Waals surface area contributed by atoms with Crippen molar-refractivity contribution in [1.29, 1.82) is 0 Å². The third-order valence-corrected chi connectivity index (χ3v) is 4.93. The van der Waals surface area contributed by atoms with Gasteiger partial charge in [0.05, 0.1) is 11.9 Å². The second-order valence-electron chi connectivity index (χ2n) is 6.46. The average molecular weight is 452 g/mol. The number of nitrogens with one attached hydrogen (secondary N) is 2. The lowest BCUT2D eigenvalue weighted by atomic mass is 10.1. The maximum Gasteiger partial charge on any atom is 0.275 e. The van der Waals surface area contributed by atoms with Crippen molar-refractivity contribution in [3.05, 3.63) is 63.3 Å². The van der Waals surface area contributed by atoms with Crippen molar-refractivity contribution in [2.75, 3.05) is 11.0 Å². The Balaban J connectivity index is 1.77. The molecule has 30 heavy (non-hydrogen) atoms. The number of benzene rings is 1. The monoisotopic (exact) mass is 451 g/mol. The molecule has 2 N–H and O–H groups in total. The van der Waals surface area contributed by atoms with Gasteiger partial charge in [0.1, 0.15) is 18.6 Å². The summed E-state index contributed by atoms with van der Waals surface area (Å²) in [6.45, 7) is 1.47. The highest BCUT2D eigenvalue weighted by atomic mass is 35.5. The molecule has 3 aromatic rings. The van der Waals surface area contributed by atoms with E-state index in [4.69, 9.17) is 11.6 Å². The first-order valence-electron chi connectivity index (χ1n) is 8.61. The molecule has 158 valence electrons. The zero-order valence-electron chi connectivity index (χ0n) is 16.0. The second-order valence-corrected chi connectivity index (χ2v) is 8.64. The van der Waals surface area contributed by atoms with Crippen LogP contribution >= 0.6 is 11.6 Å². The lowest BCUT2D eigenvalue weighted by Gasteiger charge is -2.14. The van der Waals surface area contributed by atoms with Crippen LogP contribution in [0.1, 0.15) is 11.3 Å². The van der Waals surface area contributed by atoms with Gasteiger partial charge in [-0.3, -0.25) is 14.3 Å². The van der Waals surface area contributed by atoms with E-state index in [2.05, 4.69) is 25.6 Å². The van der Waals surface area contributed by atoms with Crippen molar-refractivity contribution in [1.82, 2.24) is 30.1 Å². The lowest BCUT2D eigenvalue weighted by Crippen LogP contribution is -2.34. The van der Waals surface area contributed by atoms with Crippen LogP contribution in [0, 0.1) is 6.92 Å². The molecule has 0 saturated carbocycles. The Morgan fingerprint density at radius 1 is 1.23 bits per heavy atom. The Hall–Kier alpha value is -3.25. The summed E-state index contributed by atoms with van der Waals surface area (Å²) in [4.78, 5) is 25.0. The van der Waals surface area contributed by atoms with E-state index >= 15 is 0 Å². The number of hydrogen-bond donors (Lipinski definition) is 2. The van der Waals surface area contributed by atoms with Crippen LogP contribution in [0.4, 0.5) is 5.69 Å². The summed E-state index contributed by atoms with van der Waals surface area (Å²) in [6, 6.07) is 7.97. The van der Waals surface area contributed by atoms with E-state index in [0.29, 0.717) is 22.0 Å². The van der Waals surface area contributed by atoms with Gasteiger partial charge < -0.3 is 9.88 Å². The quantitative estimate of drug-likeness (QED) is 0.532. The molecule has 0 radical (unpaired) electrons. The Bertz CT molecular complexity index is 1240. The van der Waals surface area contributed by atoms with Crippen LogP contribution < -0.4 is 15.6 Å². The van der Waals surface area contributed by atoms with Crippen LogP contribution in [0.3, 0.4) is 0 Å². The molecule has 13 heteroatoms. The summed E-state index contributed by atoms with van der Waals surface area (Å²) in [5.41, 5.74) is 1.06. The summed E-state index contributed by atoms with van der Waals surface area (Å²) >= 11 is 6.06. The van der Waals surface area contributed by atoms with E-state index in [-0.39, 0.29) is 18.8 Å². The standard InChI is InChI=1S/C17H18ClN7O4S/c1-11-3-5-14(21-30(2,28)29)17(27)24(11)9-16(26)19-8-12-7-13(18)4-6-15(12)25-10-20-22-23-25/h3-7,10,21H,8-9H2,1-2H3,(H,19,26). The van der Waals surface area contributed by atoms with Crippen molar-refractivity contribution in [3.63, 3.8) is 0 Å². The summed E-state index contributed by atoms with van der Waals surface area (Å²) in [7, 11) is -3.63. The first kappa shape index (κ1) is 21.5. The van der Waals surface area contributed by atoms with Crippen molar-refractivity contribution in [2.24, 2.45) is 0 Å². The molecule has 2 aromatic heterocycles. The molecule has 0 aliphatic carbocycles. The van der Waals surface area contributed by atoms with Gasteiger partial charge in [-0.1, -0.05) is 11.6 Å². The molecule has 3 rings (SSSR count). The number of nitrogens with zero attached hydrogens (tertiary/aromatic N) is 5. The van der Waals surface area contributed by atoms with Gasteiger partial charge in [-0.2, -0.15) is 0 Å². The highest BCUT2D eigenvalue weighted by molar-refractivity contribution is 7.92. The van der Waals surface area contributed by atoms with Gasteiger partial charge in [-0.15, -0.1) is 5.10 Å². The Morgan fingerprint density at radius 3 is 2.67 bits per heavy atom. The van der Waals surface area contributed by atoms with Crippen LogP contribution in [0.25, 0.3) is 5.69 Å². The van der Waals surface area contributed by atoms with Gasteiger partial charge in [0.2, 0.25) is 15.9 Å². The fraction of sp³-hybridized carbons (Fsp3) is 0.235. The van der Waals surface area contributed by atoms with Gasteiger partial charge in [0, 0.05) is 17.3 Å². The number of carbonyl (C=O) groups excluding carboxylic acids is 1. The second kappa shape index (κ2) is 8.63. The number of tetrazole rings is 1. The third-order valence-electron chi connectivity index (χ3n) is 4.10. The molecule has 0 unspecified atom stereocenters. The number of halogens is 1. The number of aryl methyl sites for hydroxylation is 1. The van der Waals surface area contributed by atoms with Crippen LogP contribution in [0.15, 0.2) is 41.5 Å². The molecule has 0 spiro atoms. The minimum absolute atomic E-state index is 0.115. The SMILES string of the molecule is Cc1ccc(NS(C)(=O)=O)c(=O)n1CC(=O)NCc1cc(Cl)ccc1-n1cnnn1. The zero-order valence-corrected chi connectivity index (χ0v) is 17.6. The molecular formula is C17H18ClN7O4S. The molecule has 0 saturated heterocycles. The molecule has 0 bridgehead atoms. The largest absolute Gasteiger partial charge is 0.350 e. The minimum atomic E-state index is -3.63. The van der Waals surface area contributed by atoms with Gasteiger partial charge in [0.15, 0.2) is 0 Å². The summed E-state index contributed by atoms with van der Waals surface area (Å²) < 4.78 is 27.6. The molecule has 0 aliphatic rings. The highest BCUT2D eigenvalue weighted by Crippen LogP contribution is 2.18. The maximum absolute atomic E-state index is 12.5. The predicted molar refractivity (Wildman–Crippen MR) is 110 cm³/mol. The summed E-state index contributed by atoms with van der Waals surface area (Å²) in [5.74, 6) is -0.445. The predicted octanol–water partition coefficient (Wildman–Crippen LogP) is 0.474. The first-order chi connectivity index (χ1) is 14.1. The van der Waals surface area contributed by atoms with E-state index in [0.717, 1.165) is 6.26 Å². The maximum atomic E-state index is 12.5. The van der Waals surface area contributed by atoms with Crippen molar-refractivity contribution >= 4 is 33.2 Å². The Morgan fingerprint density at radius 2 is 2.00 bits per heavy atom. The van der Waals surface area contributed by atoms with Gasteiger partial charge in [0.25, 0.3) is 5.56 Å². The molecule has 0 atom stereocenters. The molecule has 1 amide bonds. The minimum Gasteiger partial charge on any atom is -0.350 e. The van der Waals surface area contributed by atoms with Gasteiger partial charge in [-0.25, -0.2) is 13.1 Å². The Labute approximate surface area is 176 Å². The van der Waals surface area contributed by atoms with Crippen molar-refractivity contribution in [2.45, 2.75) is 20.0 Å². The third kappa shape index (κ3) is 5.21.